The molecule has 3 heterocycles. The Morgan fingerprint density at radius 1 is 1.06 bits per heavy atom. The molecule has 3 aromatic rings. The van der Waals surface area contributed by atoms with Crippen LogP contribution in [-0.2, 0) is 9.53 Å². The van der Waals surface area contributed by atoms with E-state index in [1.807, 2.05) is 42.5 Å². The van der Waals surface area contributed by atoms with Gasteiger partial charge in [0, 0.05) is 31.3 Å². The van der Waals surface area contributed by atoms with Crippen LogP contribution in [0.4, 0.5) is 28.8 Å². The molecule has 2 aliphatic rings. The van der Waals surface area contributed by atoms with Crippen LogP contribution in [0.2, 0.25) is 0 Å². The van der Waals surface area contributed by atoms with Crippen molar-refractivity contribution in [2.24, 2.45) is 3.15 Å². The van der Waals surface area contributed by atoms with E-state index in [2.05, 4.69) is 25.5 Å². The lowest BCUT2D eigenvalue weighted by molar-refractivity contribution is -0.114. The first-order chi connectivity index (χ1) is 15.2. The number of hydrogen-bond donors (Lipinski definition) is 1. The number of halogens is 1. The molecule has 9 heteroatoms. The van der Waals surface area contributed by atoms with Gasteiger partial charge >= 0.3 is 0 Å². The molecule has 1 fully saturated rings. The maximum absolute atomic E-state index is 11.5. The van der Waals surface area contributed by atoms with Crippen LogP contribution in [0.25, 0.3) is 11.3 Å². The van der Waals surface area contributed by atoms with Gasteiger partial charge in [0.15, 0.2) is 5.82 Å². The lowest BCUT2D eigenvalue weighted by atomic mass is 10.1. The third-order valence-electron chi connectivity index (χ3n) is 4.97. The van der Waals surface area contributed by atoms with Gasteiger partial charge < -0.3 is 15.0 Å². The second-order valence-electron chi connectivity index (χ2n) is 7.18. The number of hydrogen-bond acceptors (Lipinski definition) is 7. The number of nitrogens with one attached hydrogen (secondary N) is 1. The van der Waals surface area contributed by atoms with Gasteiger partial charge in [-0.25, -0.2) is 4.98 Å². The quantitative estimate of drug-likeness (QED) is 0.388. The smallest absolute Gasteiger partial charge is 0.228 e. The minimum absolute atomic E-state index is 0.107. The third-order valence-corrected chi connectivity index (χ3v) is 7.11. The second-order valence-corrected chi connectivity index (χ2v) is 9.06. The fraction of sp³-hybridized carbons (Fsp3) is 0.227. The Morgan fingerprint density at radius 3 is 2.65 bits per heavy atom. The summed E-state index contributed by atoms with van der Waals surface area (Å²) in [6, 6.07) is 17.9. The molecule has 0 saturated carbocycles. The molecule has 2 aliphatic heterocycles. The largest absolute Gasteiger partial charge is 0.378 e. The van der Waals surface area contributed by atoms with Crippen LogP contribution in [0.15, 0.2) is 57.7 Å². The van der Waals surface area contributed by atoms with Gasteiger partial charge in [-0.1, -0.05) is 30.3 Å². The van der Waals surface area contributed by atoms with Gasteiger partial charge in [-0.2, -0.15) is 8.13 Å². The fourth-order valence-corrected chi connectivity index (χ4v) is 5.52. The normalized spacial score (nSPS) is 15.4. The van der Waals surface area contributed by atoms with Crippen molar-refractivity contribution in [1.29, 1.82) is 0 Å². The fourth-order valence-electron chi connectivity index (χ4n) is 3.54. The minimum atomic E-state index is -0.652. The lowest BCUT2D eigenvalue weighted by Gasteiger charge is -2.28. The monoisotopic (exact) mass is 528 g/mol. The Kier molecular flexibility index (Phi) is 5.60. The van der Waals surface area contributed by atoms with Crippen LogP contribution in [0.5, 0.6) is 0 Å². The molecule has 0 unspecified atom stereocenters. The molecule has 2 aromatic carbocycles. The lowest BCUT2D eigenvalue weighted by Crippen LogP contribution is -2.37. The van der Waals surface area contributed by atoms with Gasteiger partial charge in [0.1, 0.15) is 32.7 Å². The Bertz CT molecular complexity index is 1150. The van der Waals surface area contributed by atoms with E-state index in [-0.39, 0.29) is 5.91 Å². The highest BCUT2D eigenvalue weighted by Gasteiger charge is 2.28. The maximum atomic E-state index is 11.5. The first-order valence-corrected chi connectivity index (χ1v) is 12.0. The number of benzene rings is 2. The molecule has 1 aromatic heterocycles. The first kappa shape index (κ1) is 20.0. The number of aromatic nitrogens is 2. The highest BCUT2D eigenvalue weighted by atomic mass is 127. The Hall–Kier alpha value is -2.92. The zero-order valence-electron chi connectivity index (χ0n) is 17.0. The number of ether oxygens (including phenoxy) is 1. The summed E-state index contributed by atoms with van der Waals surface area (Å²) in [7, 11) is 0. The average Bonchev–Trinajstić information content (AvgIpc) is 3.23. The summed E-state index contributed by atoms with van der Waals surface area (Å²) in [5.41, 5.74) is 4.33. The van der Waals surface area contributed by atoms with E-state index in [4.69, 9.17) is 17.8 Å². The molecule has 0 bridgehead atoms. The van der Waals surface area contributed by atoms with E-state index >= 15 is 0 Å². The van der Waals surface area contributed by atoms with E-state index < -0.39 is 21.3 Å². The third kappa shape index (κ3) is 4.15. The topological polar surface area (TPSA) is 83.0 Å². The van der Waals surface area contributed by atoms with Gasteiger partial charge in [-0.15, -0.1) is 0 Å². The van der Waals surface area contributed by atoms with Gasteiger partial charge in [0.05, 0.1) is 18.9 Å². The number of nitrogens with zero attached hydrogens (tertiary/aromatic N) is 5. The van der Waals surface area contributed by atoms with Crippen LogP contribution in [0.1, 0.15) is 6.92 Å². The van der Waals surface area contributed by atoms with E-state index in [0.29, 0.717) is 19.2 Å². The zero-order chi connectivity index (χ0) is 21.2. The molecular weight excluding hydrogens is 507 g/mol. The summed E-state index contributed by atoms with van der Waals surface area (Å²) in [6.45, 7) is 4.33. The highest BCUT2D eigenvalue weighted by Crippen LogP contribution is 2.50. The van der Waals surface area contributed by atoms with Crippen molar-refractivity contribution in [1.82, 2.24) is 9.97 Å². The van der Waals surface area contributed by atoms with Crippen molar-refractivity contribution in [3.63, 3.8) is 0 Å². The van der Waals surface area contributed by atoms with Crippen LogP contribution in [0, 0.1) is 0 Å². The number of morpholine rings is 1. The molecule has 0 radical (unpaired) electrons. The number of carbonyl (C=O) groups is 1. The second kappa shape index (κ2) is 8.67. The molecule has 8 nitrogen and oxygen atoms in total. The van der Waals surface area contributed by atoms with Crippen LogP contribution in [-0.4, -0.2) is 42.2 Å². The molecule has 0 atom stereocenters. The summed E-state index contributed by atoms with van der Waals surface area (Å²) in [5.74, 6) is 1.42. The molecule has 0 spiro atoms. The Morgan fingerprint density at radius 2 is 1.87 bits per heavy atom. The number of rotatable bonds is 4. The Labute approximate surface area is 190 Å². The van der Waals surface area contributed by atoms with Crippen molar-refractivity contribution in [3.8, 4) is 11.3 Å². The number of para-hydroxylation sites is 1. The number of carbonyl (C=O) groups excluding carboxylic acids is 1. The Balaban J connectivity index is 1.63. The van der Waals surface area contributed by atoms with E-state index in [9.17, 15) is 4.79 Å². The molecular formula is C22H21IN6O2. The van der Waals surface area contributed by atoms with Gasteiger partial charge in [-0.05, 0) is 24.3 Å². The summed E-state index contributed by atoms with van der Waals surface area (Å²) in [4.78, 5) is 23.6. The molecule has 31 heavy (non-hydrogen) atoms. The molecule has 5 rings (SSSR count). The van der Waals surface area contributed by atoms with Crippen molar-refractivity contribution >= 4 is 56.0 Å². The SMILES string of the molecule is CC(=O)Nc1cccc(-c2nc(N3CCOCC3)nc3c2N=IN3c2ccccc2)c1. The van der Waals surface area contributed by atoms with Crippen molar-refractivity contribution in [3.05, 3.63) is 54.6 Å². The molecule has 158 valence electrons. The summed E-state index contributed by atoms with van der Waals surface area (Å²) < 4.78 is 12.6. The summed E-state index contributed by atoms with van der Waals surface area (Å²) in [6.07, 6.45) is 0. The van der Waals surface area contributed by atoms with E-state index in [0.717, 1.165) is 47.2 Å². The van der Waals surface area contributed by atoms with Crippen molar-refractivity contribution < 1.29 is 9.53 Å². The number of amides is 1. The van der Waals surface area contributed by atoms with E-state index in [1.165, 1.54) is 6.92 Å². The molecule has 0 aliphatic carbocycles. The average molecular weight is 528 g/mol. The van der Waals surface area contributed by atoms with Crippen molar-refractivity contribution in [2.75, 3.05) is 39.6 Å². The maximum Gasteiger partial charge on any atom is 0.228 e. The van der Waals surface area contributed by atoms with Crippen molar-refractivity contribution in [2.45, 2.75) is 6.92 Å². The van der Waals surface area contributed by atoms with Gasteiger partial charge in [0.25, 0.3) is 0 Å². The summed E-state index contributed by atoms with van der Waals surface area (Å²) in [5, 5.41) is 2.85. The van der Waals surface area contributed by atoms with Gasteiger partial charge in [-0.3, -0.25) is 7.91 Å². The molecule has 1 N–H and O–H groups in total. The summed E-state index contributed by atoms with van der Waals surface area (Å²) >= 11 is -0.652. The number of fused-ring (bicyclic) bond motifs is 1. The van der Waals surface area contributed by atoms with Crippen LogP contribution in [0.3, 0.4) is 0 Å². The zero-order valence-corrected chi connectivity index (χ0v) is 19.1. The number of anilines is 4. The highest BCUT2D eigenvalue weighted by molar-refractivity contribution is 14.2. The predicted octanol–water partition coefficient (Wildman–Crippen LogP) is 4.79. The van der Waals surface area contributed by atoms with Crippen LogP contribution < -0.4 is 13.3 Å². The standard InChI is InChI=1S/C22H21IN6O2/c1-15(30)24-17-7-5-6-16(14-17)19-20-21(26-22(25-19)28-10-12-31-13-11-28)29(23-27-20)18-8-3-2-4-9-18/h2-9,14H,10-13H2,1H3,(H,24,30). The van der Waals surface area contributed by atoms with Gasteiger partial charge in [0.2, 0.25) is 11.9 Å². The predicted molar refractivity (Wildman–Crippen MR) is 129 cm³/mol. The first-order valence-electron chi connectivity index (χ1n) is 10.0. The van der Waals surface area contributed by atoms with Crippen LogP contribution >= 0.6 is 21.3 Å². The van der Waals surface area contributed by atoms with E-state index in [1.54, 1.807) is 0 Å². The minimum Gasteiger partial charge on any atom is -0.378 e. The molecule has 1 saturated heterocycles. The molecule has 1 amide bonds.